The topological polar surface area (TPSA) is 157 Å². The fraction of sp³-hybridized carbons (Fsp3) is 0.583. The molecule has 0 fully saturated rings. The zero-order chi connectivity index (χ0) is 17.7. The van der Waals surface area contributed by atoms with Crippen molar-refractivity contribution in [1.29, 1.82) is 0 Å². The zero-order valence-electron chi connectivity index (χ0n) is 12.9. The van der Waals surface area contributed by atoms with E-state index in [1.54, 1.807) is 9.47 Å². The molecule has 1 aromatic heterocycles. The molecule has 2 heterocycles. The maximum atomic E-state index is 11.6. The molecular formula is C12H20N5O6P. The number of nitrogens with zero attached hydrogens (tertiary/aromatic N) is 3. The lowest BCUT2D eigenvalue weighted by Gasteiger charge is -2.23. The van der Waals surface area contributed by atoms with Crippen molar-refractivity contribution in [3.05, 3.63) is 12.0 Å². The Kier molecular flexibility index (Phi) is 5.94. The second-order valence-electron chi connectivity index (χ2n) is 5.37. The third kappa shape index (κ3) is 5.31. The van der Waals surface area contributed by atoms with Crippen molar-refractivity contribution >= 4 is 25.3 Å². The van der Waals surface area contributed by atoms with Crippen LogP contribution in [0, 0.1) is 0 Å². The molecule has 0 aromatic carbocycles. The summed E-state index contributed by atoms with van der Waals surface area (Å²) in [6.07, 6.45) is 1.04. The van der Waals surface area contributed by atoms with Crippen LogP contribution in [0.1, 0.15) is 16.9 Å². The highest BCUT2D eigenvalue weighted by molar-refractivity contribution is 7.51. The van der Waals surface area contributed by atoms with Crippen molar-refractivity contribution in [2.45, 2.75) is 13.0 Å². The van der Waals surface area contributed by atoms with E-state index in [0.717, 1.165) is 0 Å². The van der Waals surface area contributed by atoms with Crippen LogP contribution in [0.3, 0.4) is 0 Å². The van der Waals surface area contributed by atoms with Gasteiger partial charge < -0.3 is 35.0 Å². The molecular weight excluding hydrogens is 341 g/mol. The first kappa shape index (κ1) is 18.4. The van der Waals surface area contributed by atoms with E-state index in [1.807, 2.05) is 0 Å². The number of hydrogen-bond donors (Lipinski definition) is 5. The zero-order valence-corrected chi connectivity index (χ0v) is 13.8. The van der Waals surface area contributed by atoms with Crippen LogP contribution in [-0.2, 0) is 15.9 Å². The molecule has 1 aliphatic heterocycles. The van der Waals surface area contributed by atoms with Crippen LogP contribution in [0.15, 0.2) is 6.33 Å². The summed E-state index contributed by atoms with van der Waals surface area (Å²) in [5.74, 6) is -0.673. The number of carbonyl (C=O) groups excluding carboxylic acids is 1. The molecule has 0 unspecified atom stereocenters. The van der Waals surface area contributed by atoms with Gasteiger partial charge in [-0.2, -0.15) is 0 Å². The summed E-state index contributed by atoms with van der Waals surface area (Å²) < 4.78 is 12.7. The SMILES string of the molecule is O=C(O)CCN(CCn1cnc2c1NCNC2=O)CCP(=O)(O)O. The summed E-state index contributed by atoms with van der Waals surface area (Å²) in [5, 5.41) is 14.4. The molecule has 0 aliphatic carbocycles. The smallest absolute Gasteiger partial charge is 0.326 e. The van der Waals surface area contributed by atoms with Gasteiger partial charge in [-0.15, -0.1) is 0 Å². The average molecular weight is 361 g/mol. The van der Waals surface area contributed by atoms with Crippen LogP contribution in [0.5, 0.6) is 0 Å². The Bertz CT molecular complexity index is 656. The van der Waals surface area contributed by atoms with Gasteiger partial charge in [-0.25, -0.2) is 4.98 Å². The van der Waals surface area contributed by atoms with Crippen molar-refractivity contribution in [3.63, 3.8) is 0 Å². The highest BCUT2D eigenvalue weighted by atomic mass is 31.2. The molecule has 0 saturated heterocycles. The number of carboxylic acid groups (broad SMARTS) is 1. The Hall–Kier alpha value is -1.94. The monoisotopic (exact) mass is 361 g/mol. The van der Waals surface area contributed by atoms with Gasteiger partial charge in [-0.1, -0.05) is 0 Å². The molecule has 134 valence electrons. The molecule has 1 aliphatic rings. The maximum Gasteiger partial charge on any atom is 0.326 e. The highest BCUT2D eigenvalue weighted by Gasteiger charge is 2.22. The van der Waals surface area contributed by atoms with Crippen molar-refractivity contribution in [3.8, 4) is 0 Å². The third-order valence-electron chi connectivity index (χ3n) is 3.56. The molecule has 1 aromatic rings. The van der Waals surface area contributed by atoms with Gasteiger partial charge in [0, 0.05) is 26.2 Å². The van der Waals surface area contributed by atoms with E-state index in [9.17, 15) is 14.2 Å². The number of carbonyl (C=O) groups is 2. The number of anilines is 1. The number of imidazole rings is 1. The number of amides is 1. The highest BCUT2D eigenvalue weighted by Crippen LogP contribution is 2.33. The molecule has 2 rings (SSSR count). The van der Waals surface area contributed by atoms with E-state index in [-0.39, 0.29) is 37.3 Å². The minimum absolute atomic E-state index is 0.0857. The fourth-order valence-electron chi connectivity index (χ4n) is 2.31. The first-order valence-corrected chi connectivity index (χ1v) is 9.12. The third-order valence-corrected chi connectivity index (χ3v) is 4.35. The average Bonchev–Trinajstić information content (AvgIpc) is 2.90. The van der Waals surface area contributed by atoms with Crippen LogP contribution in [-0.4, -0.2) is 73.7 Å². The lowest BCUT2D eigenvalue weighted by Crippen LogP contribution is -2.36. The van der Waals surface area contributed by atoms with Gasteiger partial charge in [0.2, 0.25) is 0 Å². The van der Waals surface area contributed by atoms with Crippen LogP contribution in [0.25, 0.3) is 0 Å². The minimum atomic E-state index is -4.15. The Balaban J connectivity index is 1.97. The summed E-state index contributed by atoms with van der Waals surface area (Å²) in [6.45, 7) is 1.34. The lowest BCUT2D eigenvalue weighted by molar-refractivity contribution is -0.137. The first-order chi connectivity index (χ1) is 11.3. The number of nitrogens with one attached hydrogen (secondary N) is 2. The van der Waals surface area contributed by atoms with Crippen LogP contribution in [0.4, 0.5) is 5.82 Å². The molecule has 1 amide bonds. The number of rotatable bonds is 9. The number of aliphatic carboxylic acids is 1. The van der Waals surface area contributed by atoms with Gasteiger partial charge in [0.15, 0.2) is 5.69 Å². The predicted octanol–water partition coefficient (Wildman–Crippen LogP) is -1.05. The molecule has 0 radical (unpaired) electrons. The molecule has 0 bridgehead atoms. The van der Waals surface area contributed by atoms with Crippen LogP contribution >= 0.6 is 7.60 Å². The molecule has 12 heteroatoms. The van der Waals surface area contributed by atoms with Crippen LogP contribution < -0.4 is 10.6 Å². The van der Waals surface area contributed by atoms with Gasteiger partial charge in [-0.3, -0.25) is 14.2 Å². The predicted molar refractivity (Wildman–Crippen MR) is 83.8 cm³/mol. The van der Waals surface area contributed by atoms with Gasteiger partial charge in [-0.05, 0) is 0 Å². The van der Waals surface area contributed by atoms with E-state index in [2.05, 4.69) is 15.6 Å². The molecule has 0 atom stereocenters. The molecule has 24 heavy (non-hydrogen) atoms. The Labute approximate surface area is 137 Å². The second kappa shape index (κ2) is 7.75. The molecule has 5 N–H and O–H groups in total. The van der Waals surface area contributed by atoms with E-state index in [4.69, 9.17) is 14.9 Å². The van der Waals surface area contributed by atoms with Crippen molar-refractivity contribution < 1.29 is 29.0 Å². The van der Waals surface area contributed by atoms with Gasteiger partial charge in [0.05, 0.1) is 25.6 Å². The van der Waals surface area contributed by atoms with E-state index in [0.29, 0.717) is 25.6 Å². The molecule has 0 saturated carbocycles. The number of carboxylic acids is 1. The number of aromatic nitrogens is 2. The Morgan fingerprint density at radius 3 is 2.75 bits per heavy atom. The number of fused-ring (bicyclic) bond motifs is 1. The first-order valence-electron chi connectivity index (χ1n) is 7.32. The molecule has 0 spiro atoms. The molecule has 11 nitrogen and oxygen atoms in total. The normalized spacial score (nSPS) is 14.2. The Morgan fingerprint density at radius 1 is 1.33 bits per heavy atom. The van der Waals surface area contributed by atoms with Crippen molar-refractivity contribution in [2.75, 3.05) is 37.8 Å². The lowest BCUT2D eigenvalue weighted by atomic mass is 10.3. The standard InChI is InChI=1S/C12H20N5O6P/c18-9(19)1-2-16(5-6-24(21,22)23)3-4-17-8-15-10-11(17)13-7-14-12(10)20/h8,13H,1-7H2,(H,14,20)(H,18,19)(H2,21,22,23). The summed E-state index contributed by atoms with van der Waals surface area (Å²) in [6, 6.07) is 0. The fourth-order valence-corrected chi connectivity index (χ4v) is 2.85. The van der Waals surface area contributed by atoms with Gasteiger partial charge in [0.1, 0.15) is 5.82 Å². The van der Waals surface area contributed by atoms with Crippen molar-refractivity contribution in [1.82, 2.24) is 19.8 Å². The van der Waals surface area contributed by atoms with E-state index >= 15 is 0 Å². The van der Waals surface area contributed by atoms with Crippen LogP contribution in [0.2, 0.25) is 0 Å². The van der Waals surface area contributed by atoms with Gasteiger partial charge >= 0.3 is 13.6 Å². The van der Waals surface area contributed by atoms with E-state index < -0.39 is 13.6 Å². The minimum Gasteiger partial charge on any atom is -0.481 e. The summed E-state index contributed by atoms with van der Waals surface area (Å²) in [5.41, 5.74) is 0.286. The Morgan fingerprint density at radius 2 is 2.08 bits per heavy atom. The summed E-state index contributed by atoms with van der Waals surface area (Å²) >= 11 is 0. The summed E-state index contributed by atoms with van der Waals surface area (Å²) in [4.78, 5) is 46.0. The maximum absolute atomic E-state index is 11.6. The van der Waals surface area contributed by atoms with E-state index in [1.165, 1.54) is 6.33 Å². The largest absolute Gasteiger partial charge is 0.481 e. The quantitative estimate of drug-likeness (QED) is 0.346. The second-order valence-corrected chi connectivity index (χ2v) is 7.14. The summed E-state index contributed by atoms with van der Waals surface area (Å²) in [7, 11) is -4.15. The number of hydrogen-bond acceptors (Lipinski definition) is 6. The van der Waals surface area contributed by atoms with Crippen molar-refractivity contribution in [2.24, 2.45) is 0 Å². The van der Waals surface area contributed by atoms with Gasteiger partial charge in [0.25, 0.3) is 5.91 Å².